The van der Waals surface area contributed by atoms with Crippen molar-refractivity contribution in [2.24, 2.45) is 0 Å². The van der Waals surface area contributed by atoms with E-state index in [-0.39, 0.29) is 18.7 Å². The Kier molecular flexibility index (Phi) is 4.35. The molecule has 0 unspecified atom stereocenters. The molecular formula is C20H18N2O3S2. The zero-order valence-corrected chi connectivity index (χ0v) is 16.1. The zero-order chi connectivity index (χ0) is 18.2. The van der Waals surface area contributed by atoms with Gasteiger partial charge in [-0.3, -0.25) is 9.69 Å². The van der Waals surface area contributed by atoms with Gasteiger partial charge in [0, 0.05) is 28.1 Å². The van der Waals surface area contributed by atoms with Gasteiger partial charge in [0.2, 0.25) is 12.7 Å². The summed E-state index contributed by atoms with van der Waals surface area (Å²) < 4.78 is 10.7. The number of rotatable bonds is 4. The van der Waals surface area contributed by atoms with Crippen molar-refractivity contribution in [3.05, 3.63) is 62.5 Å². The summed E-state index contributed by atoms with van der Waals surface area (Å²) in [5.74, 6) is 1.37. The molecule has 1 atom stereocenters. The number of carbonyl (C=O) groups is 1. The van der Waals surface area contributed by atoms with Crippen molar-refractivity contribution in [3.63, 3.8) is 0 Å². The van der Waals surface area contributed by atoms with E-state index < -0.39 is 0 Å². The third kappa shape index (κ3) is 3.22. The lowest BCUT2D eigenvalue weighted by molar-refractivity contribution is -0.117. The third-order valence-corrected chi connectivity index (χ3v) is 6.80. The second kappa shape index (κ2) is 6.99. The molecule has 1 aromatic carbocycles. The van der Waals surface area contributed by atoms with E-state index >= 15 is 0 Å². The molecule has 7 heteroatoms. The fourth-order valence-electron chi connectivity index (χ4n) is 3.68. The molecule has 5 nitrogen and oxygen atoms in total. The van der Waals surface area contributed by atoms with Crippen LogP contribution in [0.1, 0.15) is 21.4 Å². The third-order valence-electron chi connectivity index (χ3n) is 4.88. The van der Waals surface area contributed by atoms with E-state index in [9.17, 15) is 4.79 Å². The first kappa shape index (κ1) is 16.8. The largest absolute Gasteiger partial charge is 0.454 e. The Balaban J connectivity index is 1.34. The minimum absolute atomic E-state index is 0.0194. The molecule has 5 rings (SSSR count). The molecule has 138 valence electrons. The van der Waals surface area contributed by atoms with Crippen LogP contribution in [0.3, 0.4) is 0 Å². The summed E-state index contributed by atoms with van der Waals surface area (Å²) in [5, 5.41) is 7.24. The summed E-state index contributed by atoms with van der Waals surface area (Å²) in [6.07, 6.45) is 0.992. The van der Waals surface area contributed by atoms with Crippen LogP contribution >= 0.6 is 22.7 Å². The fraction of sp³-hybridized carbons (Fsp3) is 0.250. The monoisotopic (exact) mass is 398 g/mol. The second-order valence-corrected chi connectivity index (χ2v) is 8.53. The van der Waals surface area contributed by atoms with Crippen LogP contribution in [0.2, 0.25) is 0 Å². The number of benzene rings is 1. The van der Waals surface area contributed by atoms with Gasteiger partial charge in [-0.25, -0.2) is 0 Å². The van der Waals surface area contributed by atoms with Crippen LogP contribution in [0.15, 0.2) is 47.2 Å². The van der Waals surface area contributed by atoms with Gasteiger partial charge >= 0.3 is 0 Å². The van der Waals surface area contributed by atoms with Crippen molar-refractivity contribution in [3.8, 4) is 11.5 Å². The lowest BCUT2D eigenvalue weighted by atomic mass is 9.98. The molecule has 0 spiro atoms. The summed E-state index contributed by atoms with van der Waals surface area (Å²) in [5.41, 5.74) is 2.06. The molecule has 0 saturated heterocycles. The predicted molar refractivity (Wildman–Crippen MR) is 107 cm³/mol. The highest BCUT2D eigenvalue weighted by Crippen LogP contribution is 2.39. The number of amides is 1. The standard InChI is InChI=1S/C20H18N2O3S2/c23-19(21-13-3-4-15-16(10-13)25-12-24-15)11-22-7-5-17-14(6-9-27-17)20(22)18-2-1-8-26-18/h1-4,6,8-10,20H,5,7,11-12H2,(H,21,23)/t20-/m1/s1. The number of nitrogens with one attached hydrogen (secondary N) is 1. The molecule has 2 aliphatic heterocycles. The maximum absolute atomic E-state index is 12.7. The highest BCUT2D eigenvalue weighted by atomic mass is 32.1. The molecule has 0 radical (unpaired) electrons. The zero-order valence-electron chi connectivity index (χ0n) is 14.5. The Labute approximate surface area is 165 Å². The van der Waals surface area contributed by atoms with E-state index in [1.807, 2.05) is 29.5 Å². The van der Waals surface area contributed by atoms with E-state index in [0.717, 1.165) is 18.7 Å². The average molecular weight is 399 g/mol. The van der Waals surface area contributed by atoms with Crippen molar-refractivity contribution in [2.45, 2.75) is 12.5 Å². The highest BCUT2D eigenvalue weighted by Gasteiger charge is 2.31. The first-order valence-corrected chi connectivity index (χ1v) is 10.6. The van der Waals surface area contributed by atoms with Crippen LogP contribution in [-0.4, -0.2) is 30.7 Å². The van der Waals surface area contributed by atoms with Crippen LogP contribution in [0, 0.1) is 0 Å². The first-order valence-electron chi connectivity index (χ1n) is 8.81. The van der Waals surface area contributed by atoms with Gasteiger partial charge in [-0.2, -0.15) is 0 Å². The Hall–Kier alpha value is -2.35. The van der Waals surface area contributed by atoms with Gasteiger partial charge in [0.1, 0.15) is 0 Å². The lowest BCUT2D eigenvalue weighted by Gasteiger charge is -2.34. The van der Waals surface area contributed by atoms with Gasteiger partial charge < -0.3 is 14.8 Å². The summed E-state index contributed by atoms with van der Waals surface area (Å²) >= 11 is 3.56. The minimum atomic E-state index is -0.0194. The van der Waals surface area contributed by atoms with Crippen molar-refractivity contribution in [1.29, 1.82) is 0 Å². The molecule has 0 bridgehead atoms. The number of nitrogens with zero attached hydrogens (tertiary/aromatic N) is 1. The summed E-state index contributed by atoms with van der Waals surface area (Å²) in [6, 6.07) is 12.1. The van der Waals surface area contributed by atoms with E-state index in [1.54, 1.807) is 11.3 Å². The number of anilines is 1. The van der Waals surface area contributed by atoms with Gasteiger partial charge in [0.25, 0.3) is 0 Å². The normalized spacial score (nSPS) is 18.3. The second-order valence-electron chi connectivity index (χ2n) is 6.55. The summed E-state index contributed by atoms with van der Waals surface area (Å²) in [4.78, 5) is 17.7. The van der Waals surface area contributed by atoms with Crippen LogP contribution in [0.5, 0.6) is 11.5 Å². The van der Waals surface area contributed by atoms with Crippen molar-refractivity contribution < 1.29 is 14.3 Å². The van der Waals surface area contributed by atoms with Gasteiger partial charge in [-0.05, 0) is 47.0 Å². The fourth-order valence-corrected chi connectivity index (χ4v) is 5.46. The number of carbonyl (C=O) groups excluding carboxylic acids is 1. The van der Waals surface area contributed by atoms with E-state index in [1.165, 1.54) is 15.3 Å². The highest BCUT2D eigenvalue weighted by molar-refractivity contribution is 7.10. The number of thiophene rings is 2. The summed E-state index contributed by atoms with van der Waals surface area (Å²) in [6.45, 7) is 1.46. The number of hydrogen-bond donors (Lipinski definition) is 1. The Morgan fingerprint density at radius 3 is 2.96 bits per heavy atom. The molecule has 4 heterocycles. The van der Waals surface area contributed by atoms with Gasteiger partial charge in [0.15, 0.2) is 11.5 Å². The van der Waals surface area contributed by atoms with Gasteiger partial charge in [-0.1, -0.05) is 6.07 Å². The molecule has 3 aromatic rings. The molecule has 0 fully saturated rings. The van der Waals surface area contributed by atoms with Gasteiger partial charge in [0.05, 0.1) is 12.6 Å². The molecule has 0 aliphatic carbocycles. The number of hydrogen-bond acceptors (Lipinski definition) is 6. The minimum Gasteiger partial charge on any atom is -0.454 e. The van der Waals surface area contributed by atoms with Crippen LogP contribution < -0.4 is 14.8 Å². The van der Waals surface area contributed by atoms with Crippen LogP contribution in [0.4, 0.5) is 5.69 Å². The molecule has 2 aromatic heterocycles. The first-order chi connectivity index (χ1) is 13.3. The molecule has 0 saturated carbocycles. The molecule has 2 aliphatic rings. The van der Waals surface area contributed by atoms with E-state index in [2.05, 4.69) is 39.2 Å². The lowest BCUT2D eigenvalue weighted by Crippen LogP contribution is -2.40. The maximum atomic E-state index is 12.7. The average Bonchev–Trinajstić information content (AvgIpc) is 3.42. The SMILES string of the molecule is O=C(CN1CCc2sccc2[C@@H]1c1cccs1)Nc1ccc2c(c1)OCO2. The summed E-state index contributed by atoms with van der Waals surface area (Å²) in [7, 11) is 0. The molecular weight excluding hydrogens is 380 g/mol. The number of ether oxygens (including phenoxy) is 2. The van der Waals surface area contributed by atoms with Gasteiger partial charge in [-0.15, -0.1) is 22.7 Å². The quantitative estimate of drug-likeness (QED) is 0.718. The van der Waals surface area contributed by atoms with Crippen molar-refractivity contribution in [2.75, 3.05) is 25.2 Å². The number of fused-ring (bicyclic) bond motifs is 2. The topological polar surface area (TPSA) is 50.8 Å². The van der Waals surface area contributed by atoms with Crippen molar-refractivity contribution >= 4 is 34.3 Å². The van der Waals surface area contributed by atoms with Crippen molar-refractivity contribution in [1.82, 2.24) is 4.90 Å². The van der Waals surface area contributed by atoms with Crippen LogP contribution in [-0.2, 0) is 11.2 Å². The Morgan fingerprint density at radius 2 is 2.07 bits per heavy atom. The Morgan fingerprint density at radius 1 is 1.15 bits per heavy atom. The predicted octanol–water partition coefficient (Wildman–Crippen LogP) is 4.12. The van der Waals surface area contributed by atoms with Crippen LogP contribution in [0.25, 0.3) is 0 Å². The molecule has 1 N–H and O–H groups in total. The molecule has 1 amide bonds. The smallest absolute Gasteiger partial charge is 0.238 e. The Bertz CT molecular complexity index is 968. The van der Waals surface area contributed by atoms with E-state index in [0.29, 0.717) is 18.0 Å². The van der Waals surface area contributed by atoms with E-state index in [4.69, 9.17) is 9.47 Å². The maximum Gasteiger partial charge on any atom is 0.238 e. The molecule has 27 heavy (non-hydrogen) atoms.